The molecule has 0 radical (unpaired) electrons. The monoisotopic (exact) mass is 340 g/mol. The Labute approximate surface area is 150 Å². The minimum atomic E-state index is -0.0811. The number of aryl methyl sites for hydroxylation is 1. The summed E-state index contributed by atoms with van der Waals surface area (Å²) in [7, 11) is 5.99. The molecule has 2 aromatic rings. The predicted molar refractivity (Wildman–Crippen MR) is 101 cm³/mol. The highest BCUT2D eigenvalue weighted by molar-refractivity contribution is 6.05. The average molecular weight is 340 g/mol. The van der Waals surface area contributed by atoms with Gasteiger partial charge in [0.05, 0.1) is 5.69 Å². The topological polar surface area (TPSA) is 41.4 Å². The van der Waals surface area contributed by atoms with E-state index in [2.05, 4.69) is 50.9 Å². The summed E-state index contributed by atoms with van der Waals surface area (Å²) in [6, 6.07) is 10.5. The number of aromatic nitrogens is 2. The fourth-order valence-electron chi connectivity index (χ4n) is 3.28. The molecule has 5 heteroatoms. The molecule has 1 aliphatic rings. The molecule has 2 heterocycles. The normalized spacial score (nSPS) is 17.7. The largest absolute Gasteiger partial charge is 0.305 e. The van der Waals surface area contributed by atoms with Crippen molar-refractivity contribution >= 4 is 11.6 Å². The second kappa shape index (κ2) is 6.30. The molecule has 0 saturated heterocycles. The zero-order chi connectivity index (χ0) is 18.4. The maximum atomic E-state index is 13.3. The summed E-state index contributed by atoms with van der Waals surface area (Å²) in [5.41, 5.74) is 3.73. The molecular formula is C20H28N4O. The second-order valence-electron chi connectivity index (χ2n) is 8.15. The summed E-state index contributed by atoms with van der Waals surface area (Å²) in [5, 5.41) is 4.57. The molecule has 0 N–H and O–H groups in total. The maximum absolute atomic E-state index is 13.3. The lowest BCUT2D eigenvalue weighted by molar-refractivity contribution is 0.0967. The highest BCUT2D eigenvalue weighted by Gasteiger charge is 2.32. The number of anilines is 1. The Morgan fingerprint density at radius 2 is 1.92 bits per heavy atom. The Morgan fingerprint density at radius 1 is 1.24 bits per heavy atom. The van der Waals surface area contributed by atoms with E-state index in [9.17, 15) is 4.79 Å². The van der Waals surface area contributed by atoms with E-state index in [1.807, 2.05) is 36.2 Å². The van der Waals surface area contributed by atoms with Crippen molar-refractivity contribution < 1.29 is 4.79 Å². The van der Waals surface area contributed by atoms with E-state index in [1.54, 1.807) is 4.68 Å². The van der Waals surface area contributed by atoms with E-state index < -0.39 is 0 Å². The quantitative estimate of drug-likeness (QED) is 0.844. The minimum absolute atomic E-state index is 0.0181. The van der Waals surface area contributed by atoms with Crippen LogP contribution in [0.15, 0.2) is 30.3 Å². The number of para-hydroxylation sites is 1. The summed E-state index contributed by atoms with van der Waals surface area (Å²) < 4.78 is 1.71. The first-order valence-corrected chi connectivity index (χ1v) is 8.79. The van der Waals surface area contributed by atoms with Crippen LogP contribution >= 0.6 is 0 Å². The lowest BCUT2D eigenvalue weighted by Gasteiger charge is -2.37. The van der Waals surface area contributed by atoms with Crippen LogP contribution in [0.5, 0.6) is 0 Å². The van der Waals surface area contributed by atoms with Crippen molar-refractivity contribution in [3.8, 4) is 0 Å². The van der Waals surface area contributed by atoms with Crippen LogP contribution in [0.25, 0.3) is 0 Å². The smallest absolute Gasteiger partial charge is 0.276 e. The van der Waals surface area contributed by atoms with Gasteiger partial charge >= 0.3 is 0 Å². The summed E-state index contributed by atoms with van der Waals surface area (Å²) in [5.74, 6) is 0.0181. The lowest BCUT2D eigenvalue weighted by atomic mass is 9.92. The van der Waals surface area contributed by atoms with Gasteiger partial charge in [0.25, 0.3) is 5.91 Å². The third-order valence-electron chi connectivity index (χ3n) is 4.97. The predicted octanol–water partition coefficient (Wildman–Crippen LogP) is 2.85. The first-order valence-electron chi connectivity index (χ1n) is 8.79. The van der Waals surface area contributed by atoms with E-state index in [0.717, 1.165) is 17.8 Å². The molecule has 5 nitrogen and oxygen atoms in total. The third kappa shape index (κ3) is 3.33. The van der Waals surface area contributed by atoms with Gasteiger partial charge in [-0.05, 0) is 38.2 Å². The lowest BCUT2D eigenvalue weighted by Crippen LogP contribution is -2.48. The molecule has 1 aromatic carbocycles. The van der Waals surface area contributed by atoms with Gasteiger partial charge in [-0.2, -0.15) is 5.10 Å². The number of nitrogens with zero attached hydrogens (tertiary/aromatic N) is 4. The first kappa shape index (κ1) is 17.7. The molecular weight excluding hydrogens is 312 g/mol. The Kier molecular flexibility index (Phi) is 4.45. The zero-order valence-corrected chi connectivity index (χ0v) is 16.1. The summed E-state index contributed by atoms with van der Waals surface area (Å²) in [6.07, 6.45) is 0.964. The number of rotatable bonds is 2. The van der Waals surface area contributed by atoms with Crippen molar-refractivity contribution in [3.05, 3.63) is 47.3 Å². The Hall–Kier alpha value is -2.14. The zero-order valence-electron chi connectivity index (χ0n) is 16.1. The molecule has 1 atom stereocenters. The van der Waals surface area contributed by atoms with Crippen LogP contribution in [0.1, 0.15) is 42.5 Å². The SMILES string of the molecule is CN(C)C1Cc2ccccc2N(C(=O)c2cc(C(C)(C)C)nn2C)C1. The van der Waals surface area contributed by atoms with Gasteiger partial charge in [-0.15, -0.1) is 0 Å². The molecule has 1 amide bonds. The van der Waals surface area contributed by atoms with Crippen LogP contribution in [-0.4, -0.2) is 47.3 Å². The van der Waals surface area contributed by atoms with Gasteiger partial charge in [-0.3, -0.25) is 9.48 Å². The third-order valence-corrected chi connectivity index (χ3v) is 4.97. The van der Waals surface area contributed by atoms with Gasteiger partial charge in [0.2, 0.25) is 0 Å². The van der Waals surface area contributed by atoms with Gasteiger partial charge in [-0.25, -0.2) is 0 Å². The van der Waals surface area contributed by atoms with Crippen molar-refractivity contribution in [1.82, 2.24) is 14.7 Å². The van der Waals surface area contributed by atoms with Crippen molar-refractivity contribution in [1.29, 1.82) is 0 Å². The molecule has 25 heavy (non-hydrogen) atoms. The van der Waals surface area contributed by atoms with Crippen LogP contribution in [0.4, 0.5) is 5.69 Å². The fourth-order valence-corrected chi connectivity index (χ4v) is 3.28. The number of carbonyl (C=O) groups excluding carboxylic acids is 1. The molecule has 0 fully saturated rings. The van der Waals surface area contributed by atoms with Crippen molar-refractivity contribution in [3.63, 3.8) is 0 Å². The van der Waals surface area contributed by atoms with Gasteiger partial charge in [0.1, 0.15) is 5.69 Å². The Bertz CT molecular complexity index is 785. The summed E-state index contributed by atoms with van der Waals surface area (Å²) in [6.45, 7) is 7.03. The molecule has 0 saturated carbocycles. The van der Waals surface area contributed by atoms with Crippen LogP contribution in [0, 0.1) is 0 Å². The van der Waals surface area contributed by atoms with Gasteiger partial charge < -0.3 is 9.80 Å². The first-order chi connectivity index (χ1) is 11.7. The number of fused-ring (bicyclic) bond motifs is 1. The number of benzene rings is 1. The molecule has 1 aliphatic heterocycles. The summed E-state index contributed by atoms with van der Waals surface area (Å²) in [4.78, 5) is 17.4. The van der Waals surface area contributed by atoms with E-state index in [-0.39, 0.29) is 11.3 Å². The second-order valence-corrected chi connectivity index (χ2v) is 8.15. The molecule has 3 rings (SSSR count). The molecule has 1 unspecified atom stereocenters. The number of carbonyl (C=O) groups is 1. The van der Waals surface area contributed by atoms with Crippen molar-refractivity contribution in [2.24, 2.45) is 7.05 Å². The number of amides is 1. The van der Waals surface area contributed by atoms with Gasteiger partial charge in [-0.1, -0.05) is 39.0 Å². The van der Waals surface area contributed by atoms with E-state index in [1.165, 1.54) is 5.56 Å². The molecule has 0 aliphatic carbocycles. The van der Waals surface area contributed by atoms with Crippen molar-refractivity contribution in [2.45, 2.75) is 38.6 Å². The summed E-state index contributed by atoms with van der Waals surface area (Å²) >= 11 is 0. The van der Waals surface area contributed by atoms with Crippen LogP contribution in [0.3, 0.4) is 0 Å². The standard InChI is InChI=1S/C20H28N4O/c1-20(2,3)18-12-17(23(6)21-18)19(25)24-13-15(22(4)5)11-14-9-7-8-10-16(14)24/h7-10,12,15H,11,13H2,1-6H3. The van der Waals surface area contributed by atoms with Gasteiger partial charge in [0.15, 0.2) is 0 Å². The highest BCUT2D eigenvalue weighted by Crippen LogP contribution is 2.30. The molecule has 0 spiro atoms. The van der Waals surface area contributed by atoms with Crippen LogP contribution in [-0.2, 0) is 18.9 Å². The molecule has 134 valence electrons. The van der Waals surface area contributed by atoms with Crippen LogP contribution < -0.4 is 4.90 Å². The number of likely N-dealkylation sites (N-methyl/N-ethyl adjacent to an activating group) is 1. The van der Waals surface area contributed by atoms with E-state index in [0.29, 0.717) is 18.3 Å². The number of hydrogen-bond acceptors (Lipinski definition) is 3. The highest BCUT2D eigenvalue weighted by atomic mass is 16.2. The molecule has 0 bridgehead atoms. The Balaban J connectivity index is 2.00. The van der Waals surface area contributed by atoms with E-state index >= 15 is 0 Å². The maximum Gasteiger partial charge on any atom is 0.276 e. The van der Waals surface area contributed by atoms with E-state index in [4.69, 9.17) is 0 Å². The average Bonchev–Trinajstić information content (AvgIpc) is 2.95. The number of hydrogen-bond donors (Lipinski definition) is 0. The minimum Gasteiger partial charge on any atom is -0.305 e. The van der Waals surface area contributed by atoms with Crippen LogP contribution in [0.2, 0.25) is 0 Å². The Morgan fingerprint density at radius 3 is 2.52 bits per heavy atom. The fraction of sp³-hybridized carbons (Fsp3) is 0.500. The van der Waals surface area contributed by atoms with Gasteiger partial charge in [0, 0.05) is 30.7 Å². The van der Waals surface area contributed by atoms with Crippen molar-refractivity contribution in [2.75, 3.05) is 25.5 Å². The molecule has 1 aromatic heterocycles.